The number of nitrogens with zero attached hydrogens (tertiary/aromatic N) is 1. The highest BCUT2D eigenvalue weighted by molar-refractivity contribution is 5.98. The first-order valence-electron chi connectivity index (χ1n) is 15.0. The van der Waals surface area contributed by atoms with Crippen LogP contribution in [0, 0.1) is 18.8 Å². The lowest BCUT2D eigenvalue weighted by molar-refractivity contribution is -0.176. The Hall–Kier alpha value is -3.29. The van der Waals surface area contributed by atoms with Gasteiger partial charge in [-0.2, -0.15) is 35.1 Å². The number of fused-ring (bicyclic) bond motifs is 1. The summed E-state index contributed by atoms with van der Waals surface area (Å²) in [5.41, 5.74) is -3.77. The number of alkyl halides is 9. The summed E-state index contributed by atoms with van der Waals surface area (Å²) in [5.74, 6) is -10.1. The summed E-state index contributed by atoms with van der Waals surface area (Å²) in [5, 5.41) is 2.33. The Bertz CT molecular complexity index is 1400. The van der Waals surface area contributed by atoms with Gasteiger partial charge in [0.2, 0.25) is 5.91 Å². The molecule has 2 aromatic carbocycles. The lowest BCUT2D eigenvalue weighted by Crippen LogP contribution is -2.67. The predicted molar refractivity (Wildman–Crippen MR) is 150 cm³/mol. The Kier molecular flexibility index (Phi) is 10.1. The quantitative estimate of drug-likeness (QED) is 0.174. The second kappa shape index (κ2) is 13.1. The van der Waals surface area contributed by atoms with Crippen LogP contribution in [0.4, 0.5) is 45.2 Å². The summed E-state index contributed by atoms with van der Waals surface area (Å²) in [4.78, 5) is 26.2. The zero-order chi connectivity index (χ0) is 34.2. The Labute approximate surface area is 260 Å². The Morgan fingerprint density at radius 2 is 1.50 bits per heavy atom. The second-order valence-corrected chi connectivity index (χ2v) is 11.9. The molecule has 1 aliphatic carbocycles. The molecule has 0 aromatic heterocycles. The molecule has 0 bridgehead atoms. The molecule has 2 aromatic rings. The molecule has 0 saturated heterocycles. The molecule has 1 amide bonds. The standard InChI is InChI=1S/C32H35F9N2O3/c1-4-29(33)30(34,35)27(42-17-20-13-22(31(36,37)38)16-23(14-20)32(39,40)41)24-12-18(3)6-11-25(24)43(29)28(45)21-9-7-19(8-10-21)15-26(44)46-5-2/h6,11-14,16,19,21,27,42H,4-5,7-10,15,17H2,1-3H3. The van der Waals surface area contributed by atoms with E-state index in [2.05, 4.69) is 5.32 Å². The third-order valence-corrected chi connectivity index (χ3v) is 8.77. The molecule has 1 heterocycles. The number of carbonyl (C=O) groups is 2. The van der Waals surface area contributed by atoms with Gasteiger partial charge in [0, 0.05) is 25.3 Å². The van der Waals surface area contributed by atoms with Crippen molar-refractivity contribution in [1.29, 1.82) is 0 Å². The van der Waals surface area contributed by atoms with Crippen molar-refractivity contribution < 1.29 is 53.8 Å². The minimum Gasteiger partial charge on any atom is -0.466 e. The number of aryl methyl sites for hydroxylation is 1. The number of ether oxygens (including phenoxy) is 1. The first-order valence-corrected chi connectivity index (χ1v) is 15.0. The van der Waals surface area contributed by atoms with E-state index in [4.69, 9.17) is 4.74 Å². The number of rotatable bonds is 8. The summed E-state index contributed by atoms with van der Waals surface area (Å²) in [7, 11) is 0. The number of carbonyl (C=O) groups excluding carboxylic acids is 2. The van der Waals surface area contributed by atoms with Crippen LogP contribution in [0.15, 0.2) is 36.4 Å². The molecule has 4 rings (SSSR count). The van der Waals surface area contributed by atoms with Crippen molar-refractivity contribution in [3.05, 3.63) is 64.2 Å². The molecule has 0 spiro atoms. The van der Waals surface area contributed by atoms with E-state index in [-0.39, 0.29) is 55.1 Å². The summed E-state index contributed by atoms with van der Waals surface area (Å²) in [6, 6.07) is 2.65. The van der Waals surface area contributed by atoms with E-state index < -0.39 is 71.6 Å². The lowest BCUT2D eigenvalue weighted by Gasteiger charge is -2.51. The second-order valence-electron chi connectivity index (χ2n) is 11.9. The molecule has 0 radical (unpaired) electrons. The van der Waals surface area contributed by atoms with Crippen LogP contribution in [0.2, 0.25) is 0 Å². The van der Waals surface area contributed by atoms with Crippen molar-refractivity contribution in [2.75, 3.05) is 11.5 Å². The van der Waals surface area contributed by atoms with E-state index in [9.17, 15) is 35.9 Å². The molecule has 5 nitrogen and oxygen atoms in total. The van der Waals surface area contributed by atoms with Gasteiger partial charge in [-0.1, -0.05) is 24.6 Å². The van der Waals surface area contributed by atoms with Crippen molar-refractivity contribution in [3.63, 3.8) is 0 Å². The highest BCUT2D eigenvalue weighted by Gasteiger charge is 2.67. The van der Waals surface area contributed by atoms with Gasteiger partial charge >= 0.3 is 24.2 Å². The van der Waals surface area contributed by atoms with E-state index in [1.54, 1.807) is 13.8 Å². The van der Waals surface area contributed by atoms with Crippen molar-refractivity contribution in [2.45, 2.75) is 96.0 Å². The third kappa shape index (κ3) is 7.01. The Morgan fingerprint density at radius 1 is 0.913 bits per heavy atom. The molecule has 254 valence electrons. The molecule has 14 heteroatoms. The fourth-order valence-electron chi connectivity index (χ4n) is 6.38. The van der Waals surface area contributed by atoms with Crippen LogP contribution >= 0.6 is 0 Å². The van der Waals surface area contributed by atoms with Crippen molar-refractivity contribution in [3.8, 4) is 0 Å². The third-order valence-electron chi connectivity index (χ3n) is 8.77. The van der Waals surface area contributed by atoms with Gasteiger partial charge in [0.05, 0.1) is 23.4 Å². The number of benzene rings is 2. The van der Waals surface area contributed by atoms with Crippen molar-refractivity contribution in [2.24, 2.45) is 11.8 Å². The normalized spacial score (nSPS) is 24.8. The summed E-state index contributed by atoms with van der Waals surface area (Å²) < 4.78 is 135. The van der Waals surface area contributed by atoms with Crippen LogP contribution in [0.3, 0.4) is 0 Å². The maximum atomic E-state index is 16.8. The number of halogens is 9. The van der Waals surface area contributed by atoms with Crippen LogP contribution in [0.25, 0.3) is 0 Å². The number of anilines is 1. The number of hydrogen-bond donors (Lipinski definition) is 1. The van der Waals surface area contributed by atoms with Gasteiger partial charge in [0.1, 0.15) is 6.04 Å². The molecular weight excluding hydrogens is 631 g/mol. The minimum atomic E-state index is -5.15. The first-order chi connectivity index (χ1) is 21.3. The molecule has 2 unspecified atom stereocenters. The van der Waals surface area contributed by atoms with E-state index in [0.717, 1.165) is 6.92 Å². The lowest BCUT2D eigenvalue weighted by atomic mass is 9.78. The van der Waals surface area contributed by atoms with E-state index in [1.807, 2.05) is 0 Å². The van der Waals surface area contributed by atoms with Gasteiger partial charge < -0.3 is 10.1 Å². The maximum absolute atomic E-state index is 16.8. The van der Waals surface area contributed by atoms with Gasteiger partial charge in [-0.15, -0.1) is 0 Å². The number of nitrogens with one attached hydrogen (secondary N) is 1. The van der Waals surface area contributed by atoms with Gasteiger partial charge in [0.25, 0.3) is 5.79 Å². The molecular formula is C32H35F9N2O3. The fourth-order valence-corrected chi connectivity index (χ4v) is 6.38. The van der Waals surface area contributed by atoms with Crippen molar-refractivity contribution >= 4 is 17.6 Å². The smallest absolute Gasteiger partial charge is 0.416 e. The number of amides is 1. The number of hydrogen-bond acceptors (Lipinski definition) is 4. The molecule has 1 saturated carbocycles. The molecule has 2 atom stereocenters. The summed E-state index contributed by atoms with van der Waals surface area (Å²) >= 11 is 0. The van der Waals surface area contributed by atoms with E-state index in [0.29, 0.717) is 35.4 Å². The van der Waals surface area contributed by atoms with Crippen molar-refractivity contribution in [1.82, 2.24) is 5.32 Å². The van der Waals surface area contributed by atoms with Crippen LogP contribution in [-0.2, 0) is 33.2 Å². The monoisotopic (exact) mass is 666 g/mol. The minimum absolute atomic E-state index is 0.0746. The average molecular weight is 667 g/mol. The Morgan fingerprint density at radius 3 is 2.02 bits per heavy atom. The zero-order valence-corrected chi connectivity index (χ0v) is 25.4. The van der Waals surface area contributed by atoms with E-state index >= 15 is 13.2 Å². The molecule has 46 heavy (non-hydrogen) atoms. The topological polar surface area (TPSA) is 58.6 Å². The fraction of sp³-hybridized carbons (Fsp3) is 0.562. The first kappa shape index (κ1) is 35.6. The Balaban J connectivity index is 1.68. The van der Waals surface area contributed by atoms with Gasteiger partial charge in [-0.3, -0.25) is 14.5 Å². The number of esters is 1. The SMILES string of the molecule is CCOC(=O)CC1CCC(C(=O)N2c3ccc(C)cc3C(NCc3cc(C(F)(F)F)cc(C(F)(F)F)c3)C(F)(F)C2(F)CC)CC1. The largest absolute Gasteiger partial charge is 0.466 e. The van der Waals surface area contributed by atoms with Gasteiger partial charge in [0.15, 0.2) is 0 Å². The van der Waals surface area contributed by atoms with E-state index in [1.165, 1.54) is 18.2 Å². The highest BCUT2D eigenvalue weighted by Crippen LogP contribution is 2.55. The summed E-state index contributed by atoms with van der Waals surface area (Å²) in [6.07, 6.45) is -9.72. The average Bonchev–Trinajstić information content (AvgIpc) is 2.97. The van der Waals surface area contributed by atoms with Gasteiger partial charge in [-0.05, 0) is 80.8 Å². The highest BCUT2D eigenvalue weighted by atomic mass is 19.4. The maximum Gasteiger partial charge on any atom is 0.416 e. The molecule has 2 aliphatic rings. The molecule has 1 N–H and O–H groups in total. The predicted octanol–water partition coefficient (Wildman–Crippen LogP) is 8.68. The molecule has 1 fully saturated rings. The van der Waals surface area contributed by atoms with Crippen LogP contribution < -0.4 is 10.2 Å². The van der Waals surface area contributed by atoms with Crippen LogP contribution in [-0.4, -0.2) is 30.2 Å². The van der Waals surface area contributed by atoms with Gasteiger partial charge in [-0.25, -0.2) is 4.39 Å². The summed E-state index contributed by atoms with van der Waals surface area (Å²) in [6.45, 7) is 3.69. The van der Waals surface area contributed by atoms with Crippen LogP contribution in [0.5, 0.6) is 0 Å². The zero-order valence-electron chi connectivity index (χ0n) is 25.4. The van der Waals surface area contributed by atoms with Crippen LogP contribution in [0.1, 0.15) is 86.2 Å². The molecule has 1 aliphatic heterocycles.